The van der Waals surface area contributed by atoms with Crippen LogP contribution < -0.4 is 11.2 Å². The molecule has 0 saturated carbocycles. The van der Waals surface area contributed by atoms with Gasteiger partial charge in [-0.2, -0.15) is 0 Å². The number of aromatic amines is 1. The summed E-state index contributed by atoms with van der Waals surface area (Å²) in [5.41, 5.74) is -3.25. The molecular weight excluding hydrogens is 244 g/mol. The molecule has 8 heteroatoms. The number of aliphatic hydroxyl groups excluding tert-OH is 2. The molecule has 0 radical (unpaired) electrons. The Kier molecular flexibility index (Phi) is 3.11. The van der Waals surface area contributed by atoms with E-state index in [9.17, 15) is 19.8 Å². The molecule has 0 aromatic carbocycles. The Morgan fingerprint density at radius 3 is 2.78 bits per heavy atom. The molecule has 4 N–H and O–H groups in total. The molecule has 2 unspecified atom stereocenters. The predicted octanol–water partition coefficient (Wildman–Crippen LogP) is -2.76. The van der Waals surface area contributed by atoms with Gasteiger partial charge in [-0.3, -0.25) is 14.3 Å². The van der Waals surface area contributed by atoms with Crippen LogP contribution in [-0.2, 0) is 10.5 Å². The normalized spacial score (nSPS) is 31.8. The van der Waals surface area contributed by atoms with Crippen LogP contribution in [0.2, 0.25) is 0 Å². The highest BCUT2D eigenvalue weighted by Crippen LogP contribution is 2.28. The maximum absolute atomic E-state index is 11.7. The monoisotopic (exact) mass is 258 g/mol. The lowest BCUT2D eigenvalue weighted by atomic mass is 10.1. The Morgan fingerprint density at radius 1 is 1.61 bits per heavy atom. The Hall–Kier alpha value is -1.48. The highest BCUT2D eigenvalue weighted by atomic mass is 16.5. The molecule has 0 aliphatic carbocycles. The fourth-order valence-corrected chi connectivity index (χ4v) is 2.15. The minimum atomic E-state index is -2.00. The predicted molar refractivity (Wildman–Crippen MR) is 59.1 cm³/mol. The maximum Gasteiger partial charge on any atom is 0.331 e. The van der Waals surface area contributed by atoms with Crippen LogP contribution in [0.25, 0.3) is 0 Å². The van der Waals surface area contributed by atoms with Gasteiger partial charge in [-0.1, -0.05) is 0 Å². The zero-order valence-electron chi connectivity index (χ0n) is 9.66. The molecule has 1 aromatic rings. The first kappa shape index (κ1) is 13.0. The summed E-state index contributed by atoms with van der Waals surface area (Å²) < 4.78 is 5.88. The van der Waals surface area contributed by atoms with E-state index < -0.39 is 35.8 Å². The quantitative estimate of drug-likeness (QED) is 0.455. The minimum absolute atomic E-state index is 0.187. The average Bonchev–Trinajstić information content (AvgIpc) is 2.54. The Balaban J connectivity index is 2.56. The molecule has 3 atom stereocenters. The molecule has 8 nitrogen and oxygen atoms in total. The van der Waals surface area contributed by atoms with Crippen molar-refractivity contribution in [1.82, 2.24) is 9.55 Å². The molecule has 18 heavy (non-hydrogen) atoms. The molecule has 0 amide bonds. The number of hydrogen-bond donors (Lipinski definition) is 4. The average molecular weight is 258 g/mol. The molecule has 1 aromatic heterocycles. The van der Waals surface area contributed by atoms with E-state index in [1.54, 1.807) is 0 Å². The van der Waals surface area contributed by atoms with Crippen molar-refractivity contribution < 1.29 is 20.1 Å². The van der Waals surface area contributed by atoms with E-state index in [2.05, 4.69) is 0 Å². The van der Waals surface area contributed by atoms with Gasteiger partial charge >= 0.3 is 5.69 Å². The molecule has 2 rings (SSSR count). The Labute approximate surface area is 101 Å². The minimum Gasteiger partial charge on any atom is -0.394 e. The molecule has 1 aliphatic rings. The first-order valence-electron chi connectivity index (χ1n) is 5.36. The van der Waals surface area contributed by atoms with E-state index in [0.29, 0.717) is 0 Å². The third kappa shape index (κ3) is 1.79. The van der Waals surface area contributed by atoms with Crippen LogP contribution in [-0.4, -0.2) is 50.3 Å². The van der Waals surface area contributed by atoms with Crippen LogP contribution in [0.1, 0.15) is 5.69 Å². The number of ether oxygens (including phenoxy) is 1. The lowest BCUT2D eigenvalue weighted by Crippen LogP contribution is -2.53. The molecule has 100 valence electrons. The number of aryl methyl sites for hydroxylation is 1. The summed E-state index contributed by atoms with van der Waals surface area (Å²) in [6, 6.07) is 1.12. The standard InChI is InChI=1S/C10H14N2O6/c1-5-2-7(14)11-9(16)12(5)10(17)4-18-6(3-13)8(10)15/h2,6,8,13,15,17H,3-4H2,1H3,(H,11,14,16)/t6-,8?,10?/m1/s1. The van der Waals surface area contributed by atoms with Crippen molar-refractivity contribution in [2.45, 2.75) is 24.9 Å². The molecule has 0 spiro atoms. The summed E-state index contributed by atoms with van der Waals surface area (Å²) in [7, 11) is 0. The van der Waals surface area contributed by atoms with Gasteiger partial charge < -0.3 is 20.1 Å². The number of H-pyrrole nitrogens is 1. The van der Waals surface area contributed by atoms with Gasteiger partial charge in [0.05, 0.1) is 13.2 Å². The number of nitrogens with zero attached hydrogens (tertiary/aromatic N) is 1. The van der Waals surface area contributed by atoms with Crippen LogP contribution in [0.5, 0.6) is 0 Å². The molecule has 2 heterocycles. The van der Waals surface area contributed by atoms with E-state index >= 15 is 0 Å². The van der Waals surface area contributed by atoms with Crippen molar-refractivity contribution in [1.29, 1.82) is 0 Å². The second-order valence-corrected chi connectivity index (χ2v) is 4.27. The van der Waals surface area contributed by atoms with Crippen molar-refractivity contribution in [2.75, 3.05) is 13.2 Å². The van der Waals surface area contributed by atoms with Gasteiger partial charge in [0.2, 0.25) is 0 Å². The van der Waals surface area contributed by atoms with Crippen LogP contribution in [0.15, 0.2) is 15.7 Å². The third-order valence-corrected chi connectivity index (χ3v) is 3.03. The van der Waals surface area contributed by atoms with Gasteiger partial charge in [-0.05, 0) is 6.92 Å². The summed E-state index contributed by atoms with van der Waals surface area (Å²) in [5.74, 6) is 0. The van der Waals surface area contributed by atoms with Crippen molar-refractivity contribution in [2.24, 2.45) is 0 Å². The highest BCUT2D eigenvalue weighted by Gasteiger charge is 2.50. The summed E-state index contributed by atoms with van der Waals surface area (Å²) in [6.07, 6.45) is -2.45. The van der Waals surface area contributed by atoms with Crippen LogP contribution in [0, 0.1) is 6.92 Å². The smallest absolute Gasteiger partial charge is 0.331 e. The third-order valence-electron chi connectivity index (χ3n) is 3.03. The first-order valence-corrected chi connectivity index (χ1v) is 5.36. The number of rotatable bonds is 2. The highest BCUT2D eigenvalue weighted by molar-refractivity contribution is 5.06. The molecular formula is C10H14N2O6. The summed E-state index contributed by atoms with van der Waals surface area (Å²) >= 11 is 0. The van der Waals surface area contributed by atoms with Crippen molar-refractivity contribution in [3.05, 3.63) is 32.6 Å². The zero-order chi connectivity index (χ0) is 13.5. The second-order valence-electron chi connectivity index (χ2n) is 4.27. The van der Waals surface area contributed by atoms with E-state index in [0.717, 1.165) is 10.6 Å². The van der Waals surface area contributed by atoms with Crippen LogP contribution in [0.4, 0.5) is 0 Å². The lowest BCUT2D eigenvalue weighted by molar-refractivity contribution is -0.116. The van der Waals surface area contributed by atoms with Gasteiger partial charge in [0, 0.05) is 11.8 Å². The zero-order valence-corrected chi connectivity index (χ0v) is 9.66. The summed E-state index contributed by atoms with van der Waals surface area (Å²) in [6.45, 7) is 0.612. The Morgan fingerprint density at radius 2 is 2.28 bits per heavy atom. The molecule has 1 aliphatic heterocycles. The van der Waals surface area contributed by atoms with E-state index in [4.69, 9.17) is 9.84 Å². The fraction of sp³-hybridized carbons (Fsp3) is 0.600. The summed E-state index contributed by atoms with van der Waals surface area (Å²) in [5, 5.41) is 29.2. The fourth-order valence-electron chi connectivity index (χ4n) is 2.15. The largest absolute Gasteiger partial charge is 0.394 e. The Bertz CT molecular complexity index is 564. The second kappa shape index (κ2) is 4.32. The molecule has 0 bridgehead atoms. The van der Waals surface area contributed by atoms with Crippen LogP contribution in [0.3, 0.4) is 0 Å². The maximum atomic E-state index is 11.7. The topological polar surface area (TPSA) is 125 Å². The van der Waals surface area contributed by atoms with Gasteiger partial charge in [0.15, 0.2) is 5.72 Å². The van der Waals surface area contributed by atoms with Crippen LogP contribution >= 0.6 is 0 Å². The van der Waals surface area contributed by atoms with Gasteiger partial charge in [0.1, 0.15) is 12.2 Å². The number of hydrogen-bond acceptors (Lipinski definition) is 6. The molecule has 1 saturated heterocycles. The van der Waals surface area contributed by atoms with Gasteiger partial charge in [0.25, 0.3) is 5.56 Å². The van der Waals surface area contributed by atoms with Crippen molar-refractivity contribution >= 4 is 0 Å². The number of aliphatic hydroxyl groups is 3. The molecule has 1 fully saturated rings. The number of aromatic nitrogens is 2. The SMILES string of the molecule is Cc1cc(=O)[nH]c(=O)n1C1(O)CO[C@H](CO)C1O. The van der Waals surface area contributed by atoms with Gasteiger partial charge in [-0.25, -0.2) is 4.79 Å². The van der Waals surface area contributed by atoms with E-state index in [1.807, 2.05) is 4.98 Å². The van der Waals surface area contributed by atoms with E-state index in [1.165, 1.54) is 6.92 Å². The van der Waals surface area contributed by atoms with Crippen molar-refractivity contribution in [3.63, 3.8) is 0 Å². The van der Waals surface area contributed by atoms with E-state index in [-0.39, 0.29) is 12.3 Å². The summed E-state index contributed by atoms with van der Waals surface area (Å²) in [4.78, 5) is 24.8. The number of nitrogens with one attached hydrogen (secondary N) is 1. The van der Waals surface area contributed by atoms with Crippen molar-refractivity contribution in [3.8, 4) is 0 Å². The lowest BCUT2D eigenvalue weighted by Gasteiger charge is -2.29. The van der Waals surface area contributed by atoms with Gasteiger partial charge in [-0.15, -0.1) is 0 Å². The first-order chi connectivity index (χ1) is 8.40.